The zero-order chi connectivity index (χ0) is 13.9. The first kappa shape index (κ1) is 13.5. The molecule has 1 aliphatic heterocycles. The van der Waals surface area contributed by atoms with Crippen molar-refractivity contribution in [2.75, 3.05) is 31.1 Å². The molecule has 0 atom stereocenters. The third-order valence-corrected chi connectivity index (χ3v) is 5.08. The Labute approximate surface area is 129 Å². The van der Waals surface area contributed by atoms with E-state index in [0.717, 1.165) is 28.3 Å². The van der Waals surface area contributed by atoms with Crippen LogP contribution in [0.2, 0.25) is 0 Å². The molecule has 0 N–H and O–H groups in total. The summed E-state index contributed by atoms with van der Waals surface area (Å²) in [6.07, 6.45) is 5.11. The van der Waals surface area contributed by atoms with E-state index >= 15 is 0 Å². The minimum atomic E-state index is 0.102. The Balaban J connectivity index is 1.64. The van der Waals surface area contributed by atoms with Crippen molar-refractivity contribution in [1.29, 1.82) is 0 Å². The van der Waals surface area contributed by atoms with Gasteiger partial charge in [-0.05, 0) is 27.4 Å². The highest BCUT2D eigenvalue weighted by molar-refractivity contribution is 9.10. The molecule has 1 amide bonds. The van der Waals surface area contributed by atoms with Crippen molar-refractivity contribution in [3.05, 3.63) is 39.4 Å². The smallest absolute Gasteiger partial charge is 0.265 e. The van der Waals surface area contributed by atoms with Crippen LogP contribution in [0, 0.1) is 0 Å². The van der Waals surface area contributed by atoms with Crippen LogP contribution in [0.4, 0.5) is 5.82 Å². The number of piperazine rings is 1. The number of rotatable bonds is 2. The quantitative estimate of drug-likeness (QED) is 0.831. The number of carbonyl (C=O) groups excluding carboxylic acids is 1. The van der Waals surface area contributed by atoms with Crippen LogP contribution in [-0.2, 0) is 0 Å². The lowest BCUT2D eigenvalue weighted by Gasteiger charge is -2.35. The van der Waals surface area contributed by atoms with Crippen molar-refractivity contribution in [1.82, 2.24) is 14.9 Å². The molecule has 0 spiro atoms. The first-order valence-corrected chi connectivity index (χ1v) is 7.96. The van der Waals surface area contributed by atoms with Crippen molar-refractivity contribution < 1.29 is 4.79 Å². The predicted octanol–water partition coefficient (Wildman–Crippen LogP) is 2.26. The molecule has 0 bridgehead atoms. The fourth-order valence-electron chi connectivity index (χ4n) is 2.18. The molecule has 0 radical (unpaired) electrons. The minimum Gasteiger partial charge on any atom is -0.352 e. The highest BCUT2D eigenvalue weighted by Gasteiger charge is 2.24. The Morgan fingerprint density at radius 3 is 2.65 bits per heavy atom. The molecule has 20 heavy (non-hydrogen) atoms. The second kappa shape index (κ2) is 5.88. The van der Waals surface area contributed by atoms with E-state index in [4.69, 9.17) is 0 Å². The molecule has 0 unspecified atom stereocenters. The summed E-state index contributed by atoms with van der Waals surface area (Å²) in [5, 5.41) is 1.92. The average Bonchev–Trinajstić information content (AvgIpc) is 2.94. The lowest BCUT2D eigenvalue weighted by atomic mass is 10.3. The van der Waals surface area contributed by atoms with E-state index in [-0.39, 0.29) is 5.91 Å². The van der Waals surface area contributed by atoms with Gasteiger partial charge < -0.3 is 9.80 Å². The summed E-state index contributed by atoms with van der Waals surface area (Å²) in [5.41, 5.74) is 0. The summed E-state index contributed by atoms with van der Waals surface area (Å²) in [4.78, 5) is 25.6. The number of hydrogen-bond donors (Lipinski definition) is 0. The van der Waals surface area contributed by atoms with Gasteiger partial charge in [0, 0.05) is 43.0 Å². The number of amides is 1. The summed E-state index contributed by atoms with van der Waals surface area (Å²) < 4.78 is 0.879. The monoisotopic (exact) mass is 352 g/mol. The van der Waals surface area contributed by atoms with Crippen LogP contribution in [0.3, 0.4) is 0 Å². The Kier molecular flexibility index (Phi) is 3.98. The van der Waals surface area contributed by atoms with Gasteiger partial charge in [0.15, 0.2) is 0 Å². The summed E-state index contributed by atoms with van der Waals surface area (Å²) in [6, 6.07) is 1.91. The lowest BCUT2D eigenvalue weighted by Crippen LogP contribution is -2.49. The van der Waals surface area contributed by atoms with Gasteiger partial charge in [-0.25, -0.2) is 4.98 Å². The highest BCUT2D eigenvalue weighted by atomic mass is 79.9. The molecule has 1 saturated heterocycles. The van der Waals surface area contributed by atoms with Crippen LogP contribution in [0.1, 0.15) is 9.67 Å². The fraction of sp³-hybridized carbons (Fsp3) is 0.308. The highest BCUT2D eigenvalue weighted by Crippen LogP contribution is 2.25. The van der Waals surface area contributed by atoms with Gasteiger partial charge in [0.1, 0.15) is 10.7 Å². The van der Waals surface area contributed by atoms with Crippen molar-refractivity contribution in [2.24, 2.45) is 0 Å². The number of anilines is 1. The zero-order valence-corrected chi connectivity index (χ0v) is 13.1. The molecule has 5 nitrogen and oxygen atoms in total. The van der Waals surface area contributed by atoms with E-state index in [0.29, 0.717) is 13.1 Å². The van der Waals surface area contributed by atoms with Gasteiger partial charge in [0.2, 0.25) is 0 Å². The Hall–Kier alpha value is -1.47. The summed E-state index contributed by atoms with van der Waals surface area (Å²) in [6.45, 7) is 2.99. The van der Waals surface area contributed by atoms with Gasteiger partial charge in [0.25, 0.3) is 5.91 Å². The van der Waals surface area contributed by atoms with Gasteiger partial charge in [-0.2, -0.15) is 0 Å². The second-order valence-corrected chi connectivity index (χ2v) is 6.21. The first-order chi connectivity index (χ1) is 9.75. The Morgan fingerprint density at radius 2 is 2.05 bits per heavy atom. The molecule has 1 fully saturated rings. The van der Waals surface area contributed by atoms with Crippen LogP contribution < -0.4 is 4.90 Å². The van der Waals surface area contributed by atoms with Gasteiger partial charge >= 0.3 is 0 Å². The molecule has 7 heteroatoms. The van der Waals surface area contributed by atoms with E-state index in [1.165, 1.54) is 11.3 Å². The van der Waals surface area contributed by atoms with Crippen LogP contribution in [0.5, 0.6) is 0 Å². The van der Waals surface area contributed by atoms with Crippen molar-refractivity contribution in [3.8, 4) is 0 Å². The lowest BCUT2D eigenvalue weighted by molar-refractivity contribution is 0.0750. The molecule has 1 aliphatic rings. The van der Waals surface area contributed by atoms with Crippen LogP contribution in [0.15, 0.2) is 34.5 Å². The second-order valence-electron chi connectivity index (χ2n) is 4.44. The van der Waals surface area contributed by atoms with E-state index in [1.807, 2.05) is 16.3 Å². The third kappa shape index (κ3) is 2.69. The van der Waals surface area contributed by atoms with Crippen molar-refractivity contribution in [3.63, 3.8) is 0 Å². The normalized spacial score (nSPS) is 15.4. The molecule has 104 valence electrons. The maximum absolute atomic E-state index is 12.4. The summed E-state index contributed by atoms with van der Waals surface area (Å²) >= 11 is 4.89. The number of halogens is 1. The van der Waals surface area contributed by atoms with E-state index in [2.05, 4.69) is 30.8 Å². The number of hydrogen-bond acceptors (Lipinski definition) is 5. The summed E-state index contributed by atoms with van der Waals surface area (Å²) in [7, 11) is 0. The maximum Gasteiger partial charge on any atom is 0.265 e. The largest absolute Gasteiger partial charge is 0.352 e. The maximum atomic E-state index is 12.4. The predicted molar refractivity (Wildman–Crippen MR) is 82.2 cm³/mol. The molecule has 2 aromatic heterocycles. The fourth-order valence-corrected chi connectivity index (χ4v) is 3.69. The Morgan fingerprint density at radius 1 is 1.25 bits per heavy atom. The van der Waals surface area contributed by atoms with Crippen LogP contribution in [0.25, 0.3) is 0 Å². The van der Waals surface area contributed by atoms with E-state index < -0.39 is 0 Å². The number of carbonyl (C=O) groups is 1. The van der Waals surface area contributed by atoms with Crippen LogP contribution in [-0.4, -0.2) is 47.0 Å². The Bertz CT molecular complexity index is 595. The van der Waals surface area contributed by atoms with E-state index in [1.54, 1.807) is 18.6 Å². The molecule has 0 aromatic carbocycles. The molecule has 3 rings (SSSR count). The summed E-state index contributed by atoms with van der Waals surface area (Å²) in [5.74, 6) is 0.975. The van der Waals surface area contributed by atoms with Gasteiger partial charge in [0.05, 0.1) is 6.20 Å². The molecule has 2 aromatic rings. The topological polar surface area (TPSA) is 49.3 Å². The standard InChI is InChI=1S/C13H13BrN4OS/c14-10-1-8-20-12(10)13(19)18-6-4-17(5-7-18)11-9-15-2-3-16-11/h1-3,8-9H,4-7H2. The average molecular weight is 353 g/mol. The molecule has 3 heterocycles. The molecule has 0 saturated carbocycles. The van der Waals surface area contributed by atoms with Gasteiger partial charge in [-0.3, -0.25) is 9.78 Å². The third-order valence-electron chi connectivity index (χ3n) is 3.25. The first-order valence-electron chi connectivity index (χ1n) is 6.29. The van der Waals surface area contributed by atoms with E-state index in [9.17, 15) is 4.79 Å². The van der Waals surface area contributed by atoms with Gasteiger partial charge in [-0.1, -0.05) is 0 Å². The number of nitrogens with zero attached hydrogens (tertiary/aromatic N) is 4. The number of aromatic nitrogens is 2. The molecular formula is C13H13BrN4OS. The minimum absolute atomic E-state index is 0.102. The van der Waals surface area contributed by atoms with Crippen molar-refractivity contribution >= 4 is 39.0 Å². The molecular weight excluding hydrogens is 340 g/mol. The van der Waals surface area contributed by atoms with Crippen molar-refractivity contribution in [2.45, 2.75) is 0 Å². The van der Waals surface area contributed by atoms with Gasteiger partial charge in [-0.15, -0.1) is 11.3 Å². The molecule has 0 aliphatic carbocycles. The zero-order valence-electron chi connectivity index (χ0n) is 10.7. The SMILES string of the molecule is O=C(c1sccc1Br)N1CCN(c2cnccn2)CC1. The van der Waals surface area contributed by atoms with Crippen LogP contribution >= 0.6 is 27.3 Å². The number of thiophene rings is 1.